The van der Waals surface area contributed by atoms with Crippen molar-refractivity contribution in [2.75, 3.05) is 18.1 Å². The number of amides is 1. The molecule has 0 saturated carbocycles. The average Bonchev–Trinajstić information content (AvgIpc) is 2.78. The summed E-state index contributed by atoms with van der Waals surface area (Å²) in [5, 5.41) is 0.647. The molecule has 0 radical (unpaired) electrons. The van der Waals surface area contributed by atoms with Crippen LogP contribution in [-0.2, 0) is 17.8 Å². The monoisotopic (exact) mass is 436 g/mol. The minimum absolute atomic E-state index is 0.0828. The summed E-state index contributed by atoms with van der Waals surface area (Å²) in [6, 6.07) is 23.0. The van der Waals surface area contributed by atoms with Crippen LogP contribution in [0.2, 0.25) is 5.02 Å². The lowest BCUT2D eigenvalue weighted by Crippen LogP contribution is -2.46. The number of nitrogens with zero attached hydrogens (tertiary/aromatic N) is 1. The Labute approximate surface area is 187 Å². The lowest BCUT2D eigenvalue weighted by atomic mass is 10.1. The molecule has 1 amide bonds. The van der Waals surface area contributed by atoms with E-state index in [1.807, 2.05) is 72.8 Å². The summed E-state index contributed by atoms with van der Waals surface area (Å²) < 4.78 is 11.9. The smallest absolute Gasteiger partial charge is 0.268 e. The number of halogens is 1. The highest BCUT2D eigenvalue weighted by atomic mass is 35.5. The summed E-state index contributed by atoms with van der Waals surface area (Å²) in [6.07, 6.45) is 0.682. The van der Waals surface area contributed by atoms with Gasteiger partial charge >= 0.3 is 0 Å². The van der Waals surface area contributed by atoms with Crippen molar-refractivity contribution in [3.63, 3.8) is 0 Å². The number of anilines is 1. The molecule has 3 aromatic carbocycles. The zero-order valence-corrected chi connectivity index (χ0v) is 17.9. The summed E-state index contributed by atoms with van der Waals surface area (Å²) in [6.45, 7) is 1.42. The van der Waals surface area contributed by atoms with Crippen LogP contribution in [0.5, 0.6) is 11.5 Å². The summed E-state index contributed by atoms with van der Waals surface area (Å²) >= 11 is 6.13. The van der Waals surface area contributed by atoms with Crippen molar-refractivity contribution in [2.24, 2.45) is 5.73 Å². The fourth-order valence-electron chi connectivity index (χ4n) is 3.64. The van der Waals surface area contributed by atoms with Gasteiger partial charge in [-0.3, -0.25) is 4.79 Å². The first-order chi connectivity index (χ1) is 15.1. The number of carbonyl (C=O) groups excluding carboxylic acids is 1. The van der Waals surface area contributed by atoms with Crippen LogP contribution in [0.1, 0.15) is 17.5 Å². The molecule has 1 aliphatic heterocycles. The van der Waals surface area contributed by atoms with Gasteiger partial charge < -0.3 is 20.1 Å². The van der Waals surface area contributed by atoms with E-state index in [4.69, 9.17) is 26.8 Å². The van der Waals surface area contributed by atoms with Crippen molar-refractivity contribution in [1.82, 2.24) is 0 Å². The normalized spacial score (nSPS) is 15.4. The number of para-hydroxylation sites is 2. The SMILES string of the molecule is NCCc1ccc(OCCC2Oc3ccccc3N(Cc3cccc(Cl)c3)C2=O)cc1. The predicted octanol–water partition coefficient (Wildman–Crippen LogP) is 4.60. The zero-order valence-electron chi connectivity index (χ0n) is 17.2. The van der Waals surface area contributed by atoms with Gasteiger partial charge in [0.25, 0.3) is 5.91 Å². The fourth-order valence-corrected chi connectivity index (χ4v) is 3.86. The molecule has 6 heteroatoms. The van der Waals surface area contributed by atoms with Crippen molar-refractivity contribution < 1.29 is 14.3 Å². The summed E-state index contributed by atoms with van der Waals surface area (Å²) in [5.74, 6) is 1.38. The first-order valence-corrected chi connectivity index (χ1v) is 10.7. The van der Waals surface area contributed by atoms with Crippen LogP contribution in [0.4, 0.5) is 5.69 Å². The van der Waals surface area contributed by atoms with E-state index in [1.54, 1.807) is 4.90 Å². The first kappa shape index (κ1) is 21.2. The Morgan fingerprint density at radius 3 is 2.58 bits per heavy atom. The van der Waals surface area contributed by atoms with E-state index in [0.717, 1.165) is 23.4 Å². The summed E-state index contributed by atoms with van der Waals surface area (Å²) in [7, 11) is 0. The molecule has 1 atom stereocenters. The van der Waals surface area contributed by atoms with Crippen molar-refractivity contribution in [2.45, 2.75) is 25.5 Å². The van der Waals surface area contributed by atoms with Gasteiger partial charge in [-0.25, -0.2) is 0 Å². The number of hydrogen-bond acceptors (Lipinski definition) is 4. The number of benzene rings is 3. The third-order valence-electron chi connectivity index (χ3n) is 5.20. The predicted molar refractivity (Wildman–Crippen MR) is 123 cm³/mol. The fraction of sp³-hybridized carbons (Fsp3) is 0.240. The Balaban J connectivity index is 1.44. The molecule has 0 bridgehead atoms. The minimum Gasteiger partial charge on any atom is -0.493 e. The Morgan fingerprint density at radius 1 is 1.00 bits per heavy atom. The van der Waals surface area contributed by atoms with Crippen LogP contribution >= 0.6 is 11.6 Å². The van der Waals surface area contributed by atoms with Crippen molar-refractivity contribution in [3.05, 3.63) is 88.9 Å². The second kappa shape index (κ2) is 9.86. The molecule has 0 saturated heterocycles. The van der Waals surface area contributed by atoms with Crippen LogP contribution in [0.25, 0.3) is 0 Å². The van der Waals surface area contributed by atoms with Crippen LogP contribution in [0.15, 0.2) is 72.8 Å². The van der Waals surface area contributed by atoms with Gasteiger partial charge in [-0.15, -0.1) is 0 Å². The average molecular weight is 437 g/mol. The third-order valence-corrected chi connectivity index (χ3v) is 5.44. The number of nitrogens with two attached hydrogens (primary N) is 1. The molecule has 0 aliphatic carbocycles. The Kier molecular flexibility index (Phi) is 6.75. The molecule has 1 heterocycles. The molecule has 2 N–H and O–H groups in total. The van der Waals surface area contributed by atoms with Crippen LogP contribution in [0, 0.1) is 0 Å². The molecular formula is C25H25ClN2O3. The molecule has 1 aliphatic rings. The number of carbonyl (C=O) groups is 1. The number of ether oxygens (including phenoxy) is 2. The Bertz CT molecular complexity index is 1040. The maximum Gasteiger partial charge on any atom is 0.268 e. The van der Waals surface area contributed by atoms with Gasteiger partial charge in [0.05, 0.1) is 18.8 Å². The van der Waals surface area contributed by atoms with E-state index < -0.39 is 6.10 Å². The molecule has 3 aromatic rings. The standard InChI is InChI=1S/C25H25ClN2O3/c26-20-5-3-4-19(16-20)17-28-22-6-1-2-7-23(22)31-24(25(28)29)13-15-30-21-10-8-18(9-11-21)12-14-27/h1-11,16,24H,12-15,17,27H2. The number of hydrogen-bond donors (Lipinski definition) is 1. The molecule has 31 heavy (non-hydrogen) atoms. The molecule has 0 spiro atoms. The lowest BCUT2D eigenvalue weighted by molar-refractivity contribution is -0.127. The van der Waals surface area contributed by atoms with Crippen molar-refractivity contribution in [3.8, 4) is 11.5 Å². The number of rotatable bonds is 8. The highest BCUT2D eigenvalue weighted by molar-refractivity contribution is 6.30. The van der Waals surface area contributed by atoms with Gasteiger partial charge in [0.2, 0.25) is 0 Å². The second-order valence-electron chi connectivity index (χ2n) is 7.45. The first-order valence-electron chi connectivity index (χ1n) is 10.4. The van der Waals surface area contributed by atoms with Gasteiger partial charge in [0, 0.05) is 11.4 Å². The summed E-state index contributed by atoms with van der Waals surface area (Å²) in [4.78, 5) is 15.0. The second-order valence-corrected chi connectivity index (χ2v) is 7.88. The topological polar surface area (TPSA) is 64.8 Å². The highest BCUT2D eigenvalue weighted by Gasteiger charge is 2.34. The van der Waals surface area contributed by atoms with Gasteiger partial charge in [-0.2, -0.15) is 0 Å². The molecular weight excluding hydrogens is 412 g/mol. The molecule has 160 valence electrons. The largest absolute Gasteiger partial charge is 0.493 e. The molecule has 5 nitrogen and oxygen atoms in total. The molecule has 1 unspecified atom stereocenters. The van der Waals surface area contributed by atoms with E-state index in [9.17, 15) is 4.79 Å². The van der Waals surface area contributed by atoms with E-state index in [0.29, 0.717) is 36.9 Å². The Morgan fingerprint density at radius 2 is 1.81 bits per heavy atom. The van der Waals surface area contributed by atoms with Crippen molar-refractivity contribution >= 4 is 23.2 Å². The van der Waals surface area contributed by atoms with Gasteiger partial charge in [0.1, 0.15) is 11.5 Å². The van der Waals surface area contributed by atoms with E-state index in [-0.39, 0.29) is 5.91 Å². The maximum absolute atomic E-state index is 13.2. The zero-order chi connectivity index (χ0) is 21.6. The lowest BCUT2D eigenvalue weighted by Gasteiger charge is -2.34. The maximum atomic E-state index is 13.2. The van der Waals surface area contributed by atoms with Crippen LogP contribution in [-0.4, -0.2) is 25.2 Å². The minimum atomic E-state index is -0.606. The van der Waals surface area contributed by atoms with Crippen LogP contribution in [0.3, 0.4) is 0 Å². The van der Waals surface area contributed by atoms with Crippen LogP contribution < -0.4 is 20.1 Å². The third kappa shape index (κ3) is 5.19. The van der Waals surface area contributed by atoms with E-state index >= 15 is 0 Å². The van der Waals surface area contributed by atoms with E-state index in [2.05, 4.69) is 0 Å². The summed E-state index contributed by atoms with van der Waals surface area (Å²) in [5.41, 5.74) is 8.49. The molecule has 0 fully saturated rings. The van der Waals surface area contributed by atoms with E-state index in [1.165, 1.54) is 5.56 Å². The molecule has 0 aromatic heterocycles. The number of fused-ring (bicyclic) bond motifs is 1. The molecule has 4 rings (SSSR count). The van der Waals surface area contributed by atoms with Gasteiger partial charge in [-0.05, 0) is 60.5 Å². The van der Waals surface area contributed by atoms with Crippen molar-refractivity contribution in [1.29, 1.82) is 0 Å². The van der Waals surface area contributed by atoms with Gasteiger partial charge in [0.15, 0.2) is 6.10 Å². The highest BCUT2D eigenvalue weighted by Crippen LogP contribution is 2.35. The quantitative estimate of drug-likeness (QED) is 0.560. The Hall–Kier alpha value is -3.02. The van der Waals surface area contributed by atoms with Gasteiger partial charge in [-0.1, -0.05) is 48.0 Å².